The molecule has 9 amide bonds. The molecule has 31 heteroatoms. The molecule has 0 aromatic carbocycles. The number of alkyl halides is 1. The smallest absolute Gasteiger partial charge is 0.335 e. The number of nitrogens with two attached hydrogens (primary N) is 3. The van der Waals surface area contributed by atoms with Gasteiger partial charge in [-0.3, -0.25) is 43.2 Å². The van der Waals surface area contributed by atoms with Crippen LogP contribution in [0, 0.1) is 0 Å². The van der Waals surface area contributed by atoms with Crippen molar-refractivity contribution in [2.75, 3.05) is 38.7 Å². The van der Waals surface area contributed by atoms with Gasteiger partial charge < -0.3 is 100 Å². The first-order chi connectivity index (χ1) is 38.4. The van der Waals surface area contributed by atoms with Crippen molar-refractivity contribution in [3.63, 3.8) is 0 Å². The summed E-state index contributed by atoms with van der Waals surface area (Å²) in [5.74, 6) is -15.4. The molecule has 1 aliphatic heterocycles. The first-order valence-corrected chi connectivity index (χ1v) is 27.8. The molecule has 1 saturated heterocycles. The number of hydrogen-bond acceptors (Lipinski definition) is 20. The molecule has 0 aromatic heterocycles. The Bertz CT molecular complexity index is 2090. The van der Waals surface area contributed by atoms with Crippen LogP contribution in [0.2, 0.25) is 0 Å². The molecule has 1 aliphatic rings. The first-order valence-electron chi connectivity index (χ1n) is 27.2. The lowest BCUT2D eigenvalue weighted by molar-refractivity contribution is -0.155. The minimum absolute atomic E-state index is 0.0187. The van der Waals surface area contributed by atoms with Gasteiger partial charge in [0.1, 0.15) is 54.6 Å². The van der Waals surface area contributed by atoms with Crippen LogP contribution in [-0.2, 0) is 57.5 Å². The van der Waals surface area contributed by atoms with E-state index in [2.05, 4.69) is 44.1 Å². The van der Waals surface area contributed by atoms with Crippen LogP contribution in [0.3, 0.4) is 0 Å². The number of rotatable bonds is 27. The maximum atomic E-state index is 14.1. The van der Waals surface area contributed by atoms with Crippen molar-refractivity contribution >= 4 is 76.7 Å². The van der Waals surface area contributed by atoms with Crippen molar-refractivity contribution in [1.82, 2.24) is 47.9 Å². The summed E-state index contributed by atoms with van der Waals surface area (Å²) >= 11 is 5.86. The van der Waals surface area contributed by atoms with Crippen LogP contribution in [0.5, 0.6) is 0 Å². The van der Waals surface area contributed by atoms with E-state index in [-0.39, 0.29) is 51.7 Å². The number of carboxylic acids is 1. The van der Waals surface area contributed by atoms with Crippen LogP contribution in [0.4, 0.5) is 0 Å². The number of halogens is 1. The standard InChI is InChI=1S/C50H87ClN12O18/c1-4-6-7-8-9-10-11-12-13-15-28(66)24-36(68)55-34-26-81-50(80)38(35(67)25-51)62-48(77)39(40(69)49(78)79)63-41(70)29(5-2)56-47(76)37(27(3)65)61-45(74)30(16-14-20-52)57-44(73)33(19-23-64)60-43(72)31(17-21-53)58-42(71)32(18-22-54)59-46(34)75/h5,27-28,30-35,37-40,64-67,69H,4,6-26,52-54H2,1-3H3,(H,55,68)(H,56,76)(H,57,73)(H,58,71)(H,59,75)(H,60,72)(H,61,74)(H,62,77)(H,63,70)(H,78,79). The number of carbonyl (C=O) groups is 11. The minimum Gasteiger partial charge on any atom is -0.479 e. The SMILES string of the molecule is CC=C1NC(=O)C(C(C)O)NC(=O)C(CCCN)NC(=O)C(CCO)NC(=O)C(CCN)NC(=O)C(CCN)NC(=O)C(NC(=O)CC(O)CCCCCCCCCCC)COC(=O)C(C(O)CCl)NC(=O)C(C(O)C(=O)O)NC1=O. The molecular weight excluding hydrogens is 1090 g/mol. The number of allylic oxidation sites excluding steroid dienone is 1. The van der Waals surface area contributed by atoms with E-state index in [4.69, 9.17) is 33.5 Å². The highest BCUT2D eigenvalue weighted by Crippen LogP contribution is 2.14. The van der Waals surface area contributed by atoms with Gasteiger partial charge in [-0.05, 0) is 72.0 Å². The molecule has 21 N–H and O–H groups in total. The maximum Gasteiger partial charge on any atom is 0.335 e. The number of esters is 1. The van der Waals surface area contributed by atoms with Crippen LogP contribution in [0.1, 0.15) is 124 Å². The summed E-state index contributed by atoms with van der Waals surface area (Å²) in [6, 6.07) is -15.0. The fraction of sp³-hybridized carbons (Fsp3) is 0.740. The lowest BCUT2D eigenvalue weighted by Gasteiger charge is -2.28. The number of nitrogens with one attached hydrogen (secondary N) is 9. The van der Waals surface area contributed by atoms with E-state index < -0.39 is 175 Å². The number of aliphatic hydroxyl groups excluding tert-OH is 5. The van der Waals surface area contributed by atoms with Gasteiger partial charge in [-0.2, -0.15) is 0 Å². The Kier molecular flexibility index (Phi) is 36.1. The van der Waals surface area contributed by atoms with Gasteiger partial charge in [0.2, 0.25) is 47.3 Å². The van der Waals surface area contributed by atoms with E-state index in [1.165, 1.54) is 6.92 Å². The molecule has 0 saturated carbocycles. The lowest BCUT2D eigenvalue weighted by Crippen LogP contribution is -2.62. The highest BCUT2D eigenvalue weighted by atomic mass is 35.5. The molecule has 81 heavy (non-hydrogen) atoms. The predicted octanol–water partition coefficient (Wildman–Crippen LogP) is -5.64. The lowest BCUT2D eigenvalue weighted by atomic mass is 10.0. The van der Waals surface area contributed by atoms with Gasteiger partial charge in [0, 0.05) is 6.61 Å². The highest BCUT2D eigenvalue weighted by molar-refractivity contribution is 6.18. The number of aliphatic hydroxyl groups is 5. The van der Waals surface area contributed by atoms with Gasteiger partial charge in [0.05, 0.1) is 30.6 Å². The van der Waals surface area contributed by atoms with E-state index in [0.717, 1.165) is 64.4 Å². The molecule has 462 valence electrons. The van der Waals surface area contributed by atoms with Crippen LogP contribution in [0.25, 0.3) is 0 Å². The summed E-state index contributed by atoms with van der Waals surface area (Å²) in [5.41, 5.74) is 16.5. The highest BCUT2D eigenvalue weighted by Gasteiger charge is 2.40. The summed E-state index contributed by atoms with van der Waals surface area (Å²) in [7, 11) is 0. The minimum atomic E-state index is -2.81. The number of ether oxygens (including phenoxy) is 1. The fourth-order valence-corrected chi connectivity index (χ4v) is 8.25. The van der Waals surface area contributed by atoms with Crippen molar-refractivity contribution in [1.29, 1.82) is 0 Å². The number of hydrogen-bond donors (Lipinski definition) is 18. The molecule has 12 atom stereocenters. The van der Waals surface area contributed by atoms with E-state index in [1.807, 2.05) is 10.6 Å². The Morgan fingerprint density at radius 3 is 1.62 bits per heavy atom. The Balaban J connectivity index is 3.94. The number of aliphatic carboxylic acids is 1. The van der Waals surface area contributed by atoms with Crippen molar-refractivity contribution in [2.24, 2.45) is 17.2 Å². The quantitative estimate of drug-likeness (QED) is 0.0158. The molecule has 1 rings (SSSR count). The number of carbonyl (C=O) groups excluding carboxylic acids is 10. The summed E-state index contributed by atoms with van der Waals surface area (Å²) in [5, 5.41) is 82.6. The van der Waals surface area contributed by atoms with Gasteiger partial charge in [0.25, 0.3) is 5.91 Å². The van der Waals surface area contributed by atoms with Gasteiger partial charge in [-0.25, -0.2) is 9.59 Å². The van der Waals surface area contributed by atoms with E-state index in [9.17, 15) is 83.4 Å². The molecule has 0 radical (unpaired) electrons. The molecule has 0 spiro atoms. The zero-order valence-electron chi connectivity index (χ0n) is 46.3. The normalized spacial score (nSPS) is 24.9. The molecule has 0 aromatic rings. The van der Waals surface area contributed by atoms with Crippen molar-refractivity contribution in [3.8, 4) is 0 Å². The van der Waals surface area contributed by atoms with Crippen LogP contribution < -0.4 is 65.1 Å². The van der Waals surface area contributed by atoms with Crippen LogP contribution >= 0.6 is 11.6 Å². The van der Waals surface area contributed by atoms with E-state index in [1.54, 1.807) is 0 Å². The predicted molar refractivity (Wildman–Crippen MR) is 290 cm³/mol. The van der Waals surface area contributed by atoms with Gasteiger partial charge >= 0.3 is 11.9 Å². The average Bonchev–Trinajstić information content (AvgIpc) is 3.45. The second-order valence-electron chi connectivity index (χ2n) is 19.4. The number of unbranched alkanes of at least 4 members (excludes halogenated alkanes) is 8. The largest absolute Gasteiger partial charge is 0.479 e. The summed E-state index contributed by atoms with van der Waals surface area (Å²) < 4.78 is 5.29. The van der Waals surface area contributed by atoms with E-state index in [0.29, 0.717) is 6.42 Å². The third-order valence-corrected chi connectivity index (χ3v) is 13.1. The monoisotopic (exact) mass is 1180 g/mol. The molecule has 0 bridgehead atoms. The van der Waals surface area contributed by atoms with Gasteiger partial charge in [-0.15, -0.1) is 11.6 Å². The Morgan fingerprint density at radius 2 is 1.14 bits per heavy atom. The maximum absolute atomic E-state index is 14.1. The molecule has 0 aliphatic carbocycles. The van der Waals surface area contributed by atoms with Crippen molar-refractivity contribution in [2.45, 2.75) is 196 Å². The van der Waals surface area contributed by atoms with Crippen LogP contribution in [0.15, 0.2) is 11.8 Å². The third kappa shape index (κ3) is 27.0. The molecule has 12 unspecified atom stereocenters. The summed E-state index contributed by atoms with van der Waals surface area (Å²) in [6.45, 7) is 1.98. The van der Waals surface area contributed by atoms with Gasteiger partial charge in [0.15, 0.2) is 12.1 Å². The molecule has 1 heterocycles. The Labute approximate surface area is 475 Å². The Hall–Kier alpha value is -6.12. The zero-order valence-corrected chi connectivity index (χ0v) is 47.0. The summed E-state index contributed by atoms with van der Waals surface area (Å²) in [6.07, 6.45) is 0.389. The molecular formula is C50H87ClN12O18. The molecule has 30 nitrogen and oxygen atoms in total. The number of carboxylic acid groups (broad SMARTS) is 1. The number of amides is 9. The fourth-order valence-electron chi connectivity index (χ4n) is 8.07. The average molecular weight is 1180 g/mol. The summed E-state index contributed by atoms with van der Waals surface area (Å²) in [4.78, 5) is 150. The topological polar surface area (TPSA) is 505 Å². The Morgan fingerprint density at radius 1 is 0.642 bits per heavy atom. The first kappa shape index (κ1) is 72.9. The molecule has 1 fully saturated rings. The zero-order chi connectivity index (χ0) is 61.2. The third-order valence-electron chi connectivity index (χ3n) is 12.7. The van der Waals surface area contributed by atoms with Crippen LogP contribution in [-0.4, -0.2) is 207 Å². The second-order valence-corrected chi connectivity index (χ2v) is 19.7. The van der Waals surface area contributed by atoms with Crippen molar-refractivity contribution in [3.05, 3.63) is 11.8 Å². The second kappa shape index (κ2) is 40.1. The number of cyclic esters (lactones) is 1. The van der Waals surface area contributed by atoms with Crippen molar-refractivity contribution < 1.29 is 88.1 Å². The van der Waals surface area contributed by atoms with Gasteiger partial charge in [-0.1, -0.05) is 70.8 Å². The van der Waals surface area contributed by atoms with E-state index >= 15 is 0 Å².